The quantitative estimate of drug-likeness (QED) is 0.843. The number of nitrogens with zero attached hydrogens (tertiary/aromatic N) is 3. The number of nitrogens with one attached hydrogen (secondary N) is 2. The number of anilines is 1. The molecule has 0 fully saturated rings. The monoisotopic (exact) mass is 343 g/mol. The van der Waals surface area contributed by atoms with E-state index in [1.54, 1.807) is 30.1 Å². The second kappa shape index (κ2) is 7.92. The van der Waals surface area contributed by atoms with Crippen LogP contribution in [0.5, 0.6) is 0 Å². The van der Waals surface area contributed by atoms with Gasteiger partial charge in [-0.2, -0.15) is 5.10 Å². The molecule has 2 amide bonds. The minimum atomic E-state index is -0.595. The fourth-order valence-electron chi connectivity index (χ4n) is 2.16. The van der Waals surface area contributed by atoms with E-state index in [0.29, 0.717) is 12.1 Å². The lowest BCUT2D eigenvalue weighted by atomic mass is 9.90. The largest absolute Gasteiger partial charge is 0.345 e. The average Bonchev–Trinajstić information content (AvgIpc) is 3.07. The van der Waals surface area contributed by atoms with Gasteiger partial charge in [-0.1, -0.05) is 20.8 Å². The zero-order valence-electron chi connectivity index (χ0n) is 15.1. The fourth-order valence-corrected chi connectivity index (χ4v) is 2.16. The van der Waals surface area contributed by atoms with Crippen molar-refractivity contribution in [1.82, 2.24) is 20.1 Å². The zero-order chi connectivity index (χ0) is 18.4. The van der Waals surface area contributed by atoms with Crippen LogP contribution in [0.1, 0.15) is 40.5 Å². The summed E-state index contributed by atoms with van der Waals surface area (Å²) in [5, 5.41) is 9.57. The Morgan fingerprint density at radius 2 is 1.88 bits per heavy atom. The van der Waals surface area contributed by atoms with Crippen LogP contribution in [0.15, 0.2) is 36.9 Å². The Morgan fingerprint density at radius 3 is 2.44 bits per heavy atom. The van der Waals surface area contributed by atoms with E-state index in [2.05, 4.69) is 41.5 Å². The molecule has 0 aliphatic rings. The van der Waals surface area contributed by atoms with Crippen molar-refractivity contribution in [2.45, 2.75) is 46.6 Å². The normalized spacial score (nSPS) is 12.5. The van der Waals surface area contributed by atoms with Crippen LogP contribution in [0.25, 0.3) is 5.69 Å². The Morgan fingerprint density at radius 1 is 1.20 bits per heavy atom. The van der Waals surface area contributed by atoms with Crippen LogP contribution in [0.2, 0.25) is 0 Å². The molecule has 2 rings (SSSR count). The first-order valence-electron chi connectivity index (χ1n) is 8.30. The molecule has 0 unspecified atom stereocenters. The number of aromatic nitrogens is 3. The first kappa shape index (κ1) is 18.6. The maximum atomic E-state index is 12.2. The van der Waals surface area contributed by atoms with E-state index in [1.807, 2.05) is 12.1 Å². The molecule has 7 nitrogen and oxygen atoms in total. The summed E-state index contributed by atoms with van der Waals surface area (Å²) < 4.78 is 1.63. The molecule has 7 heteroatoms. The number of amides is 2. The third-order valence-electron chi connectivity index (χ3n) is 3.69. The van der Waals surface area contributed by atoms with Gasteiger partial charge in [0.1, 0.15) is 18.7 Å². The van der Waals surface area contributed by atoms with Crippen molar-refractivity contribution >= 4 is 17.5 Å². The summed E-state index contributed by atoms with van der Waals surface area (Å²) in [5.74, 6) is -0.364. The lowest BCUT2D eigenvalue weighted by Gasteiger charge is -2.19. The van der Waals surface area contributed by atoms with Gasteiger partial charge in [0.05, 0.1) is 5.69 Å². The number of rotatable bonds is 6. The minimum Gasteiger partial charge on any atom is -0.345 e. The Bertz CT molecular complexity index is 702. The highest BCUT2D eigenvalue weighted by molar-refractivity contribution is 5.96. The minimum absolute atomic E-state index is 0.0919. The lowest BCUT2D eigenvalue weighted by molar-refractivity contribution is -0.126. The second-order valence-electron chi connectivity index (χ2n) is 7.23. The second-order valence-corrected chi connectivity index (χ2v) is 7.23. The molecule has 0 aliphatic heterocycles. The van der Waals surface area contributed by atoms with Gasteiger partial charge < -0.3 is 10.6 Å². The van der Waals surface area contributed by atoms with Gasteiger partial charge in [0.25, 0.3) is 0 Å². The Kier molecular flexibility index (Phi) is 5.90. The van der Waals surface area contributed by atoms with Crippen molar-refractivity contribution in [2.75, 3.05) is 5.32 Å². The number of carbonyl (C=O) groups is 2. The lowest BCUT2D eigenvalue weighted by Crippen LogP contribution is -2.41. The molecule has 1 aromatic heterocycles. The summed E-state index contributed by atoms with van der Waals surface area (Å²) in [6, 6.07) is 6.63. The first-order chi connectivity index (χ1) is 11.7. The Labute approximate surface area is 147 Å². The summed E-state index contributed by atoms with van der Waals surface area (Å²) in [6.45, 7) is 7.92. The summed E-state index contributed by atoms with van der Waals surface area (Å²) >= 11 is 0. The van der Waals surface area contributed by atoms with Gasteiger partial charge in [0, 0.05) is 12.1 Å². The molecular weight excluding hydrogens is 318 g/mol. The van der Waals surface area contributed by atoms with Crippen LogP contribution in [-0.2, 0) is 9.59 Å². The molecule has 0 aliphatic carbocycles. The van der Waals surface area contributed by atoms with Crippen molar-refractivity contribution in [3.63, 3.8) is 0 Å². The van der Waals surface area contributed by atoms with Crippen LogP contribution in [-0.4, -0.2) is 32.6 Å². The number of carbonyl (C=O) groups excluding carboxylic acids is 2. The molecule has 1 heterocycles. The highest BCUT2D eigenvalue weighted by Crippen LogP contribution is 2.20. The van der Waals surface area contributed by atoms with Gasteiger partial charge in [-0.05, 0) is 43.0 Å². The molecule has 2 N–H and O–H groups in total. The van der Waals surface area contributed by atoms with Crippen molar-refractivity contribution in [3.05, 3.63) is 36.9 Å². The molecule has 0 spiro atoms. The molecular formula is C18H25N5O2. The molecule has 0 radical (unpaired) electrons. The Balaban J connectivity index is 1.85. The summed E-state index contributed by atoms with van der Waals surface area (Å²) in [7, 11) is 0. The third-order valence-corrected chi connectivity index (χ3v) is 3.69. The Hall–Kier alpha value is -2.70. The van der Waals surface area contributed by atoms with Gasteiger partial charge in [-0.15, -0.1) is 0 Å². The van der Waals surface area contributed by atoms with Crippen molar-refractivity contribution in [2.24, 2.45) is 5.41 Å². The average molecular weight is 343 g/mol. The molecule has 1 atom stereocenters. The SMILES string of the molecule is C[C@H](NC(=O)CCC(C)(C)C)C(=O)Nc1ccc(-n2cncn2)cc1. The maximum absolute atomic E-state index is 12.2. The summed E-state index contributed by atoms with van der Waals surface area (Å²) in [6.07, 6.45) is 4.24. The van der Waals surface area contributed by atoms with Crippen LogP contribution in [0.4, 0.5) is 5.69 Å². The molecule has 2 aromatic rings. The van der Waals surface area contributed by atoms with Gasteiger partial charge in [0.2, 0.25) is 11.8 Å². The van der Waals surface area contributed by atoms with Crippen LogP contribution in [0, 0.1) is 5.41 Å². The highest BCUT2D eigenvalue weighted by atomic mass is 16.2. The molecule has 134 valence electrons. The topological polar surface area (TPSA) is 88.9 Å². The van der Waals surface area contributed by atoms with Gasteiger partial charge in [0.15, 0.2) is 0 Å². The van der Waals surface area contributed by atoms with E-state index in [0.717, 1.165) is 12.1 Å². The van der Waals surface area contributed by atoms with Crippen LogP contribution < -0.4 is 10.6 Å². The van der Waals surface area contributed by atoms with Crippen molar-refractivity contribution < 1.29 is 9.59 Å². The number of hydrogen-bond acceptors (Lipinski definition) is 4. The smallest absolute Gasteiger partial charge is 0.246 e. The van der Waals surface area contributed by atoms with Gasteiger partial charge in [-0.3, -0.25) is 9.59 Å². The predicted molar refractivity (Wildman–Crippen MR) is 96.3 cm³/mol. The predicted octanol–water partition coefficient (Wildman–Crippen LogP) is 2.54. The first-order valence-corrected chi connectivity index (χ1v) is 8.30. The fraction of sp³-hybridized carbons (Fsp3) is 0.444. The van der Waals surface area contributed by atoms with E-state index in [-0.39, 0.29) is 17.2 Å². The van der Waals surface area contributed by atoms with Gasteiger partial charge >= 0.3 is 0 Å². The molecule has 0 saturated carbocycles. The highest BCUT2D eigenvalue weighted by Gasteiger charge is 2.18. The summed E-state index contributed by atoms with van der Waals surface area (Å²) in [5.41, 5.74) is 1.60. The summed E-state index contributed by atoms with van der Waals surface area (Å²) in [4.78, 5) is 28.0. The van der Waals surface area contributed by atoms with E-state index in [9.17, 15) is 9.59 Å². The molecule has 0 saturated heterocycles. The molecule has 1 aromatic carbocycles. The molecule has 25 heavy (non-hydrogen) atoms. The van der Waals surface area contributed by atoms with E-state index in [4.69, 9.17) is 0 Å². The number of hydrogen-bond donors (Lipinski definition) is 2. The van der Waals surface area contributed by atoms with E-state index < -0.39 is 6.04 Å². The third kappa shape index (κ3) is 6.02. The standard InChI is InChI=1S/C18H25N5O2/c1-13(21-16(24)9-10-18(2,3)4)17(25)22-14-5-7-15(8-6-14)23-12-19-11-20-23/h5-8,11-13H,9-10H2,1-4H3,(H,21,24)(H,22,25)/t13-/m0/s1. The van der Waals surface area contributed by atoms with Crippen molar-refractivity contribution in [3.8, 4) is 5.69 Å². The number of benzene rings is 1. The maximum Gasteiger partial charge on any atom is 0.246 e. The van der Waals surface area contributed by atoms with E-state index >= 15 is 0 Å². The van der Waals surface area contributed by atoms with Crippen LogP contribution in [0.3, 0.4) is 0 Å². The van der Waals surface area contributed by atoms with Crippen LogP contribution >= 0.6 is 0 Å². The van der Waals surface area contributed by atoms with Crippen molar-refractivity contribution in [1.29, 1.82) is 0 Å². The zero-order valence-corrected chi connectivity index (χ0v) is 15.1. The van der Waals surface area contributed by atoms with E-state index in [1.165, 1.54) is 6.33 Å². The molecule has 0 bridgehead atoms. The van der Waals surface area contributed by atoms with Gasteiger partial charge in [-0.25, -0.2) is 9.67 Å².